The van der Waals surface area contributed by atoms with E-state index in [2.05, 4.69) is 21.5 Å². The molecule has 2 aromatic rings. The monoisotopic (exact) mass is 343 g/mol. The van der Waals surface area contributed by atoms with Crippen LogP contribution in [-0.4, -0.2) is 27.3 Å². The maximum atomic E-state index is 12.3. The largest absolute Gasteiger partial charge is 0.493 e. The first-order valence-corrected chi connectivity index (χ1v) is 8.62. The maximum Gasteiger partial charge on any atom is 0.242 e. The zero-order valence-electron chi connectivity index (χ0n) is 15.0. The van der Waals surface area contributed by atoms with Gasteiger partial charge in [0.15, 0.2) is 0 Å². The van der Waals surface area contributed by atoms with Gasteiger partial charge >= 0.3 is 0 Å². The van der Waals surface area contributed by atoms with Gasteiger partial charge in [0.25, 0.3) is 0 Å². The van der Waals surface area contributed by atoms with Gasteiger partial charge in [-0.05, 0) is 30.0 Å². The third kappa shape index (κ3) is 3.99. The van der Waals surface area contributed by atoms with Crippen LogP contribution in [-0.2, 0) is 24.3 Å². The number of carbonyl (C=O) groups is 1. The number of nitrogens with one attached hydrogen (secondary N) is 1. The van der Waals surface area contributed by atoms with Gasteiger partial charge in [-0.25, -0.2) is 9.67 Å². The number of nitrogens with two attached hydrogens (primary N) is 1. The molecule has 7 nitrogen and oxygen atoms in total. The number of amides is 1. The van der Waals surface area contributed by atoms with E-state index in [0.29, 0.717) is 18.2 Å². The molecule has 0 radical (unpaired) electrons. The summed E-state index contributed by atoms with van der Waals surface area (Å²) in [7, 11) is 0. The molecule has 1 amide bonds. The van der Waals surface area contributed by atoms with E-state index in [4.69, 9.17) is 10.5 Å². The molecule has 1 aliphatic rings. The first-order chi connectivity index (χ1) is 11.9. The van der Waals surface area contributed by atoms with E-state index in [1.165, 1.54) is 5.56 Å². The Morgan fingerprint density at radius 2 is 2.24 bits per heavy atom. The van der Waals surface area contributed by atoms with Crippen molar-refractivity contribution in [1.29, 1.82) is 0 Å². The lowest BCUT2D eigenvalue weighted by Crippen LogP contribution is -2.30. The summed E-state index contributed by atoms with van der Waals surface area (Å²) >= 11 is 0. The molecule has 0 bridgehead atoms. The second-order valence-corrected chi connectivity index (χ2v) is 6.76. The number of ether oxygens (including phenoxy) is 1. The Labute approximate surface area is 147 Å². The predicted molar refractivity (Wildman–Crippen MR) is 94.0 cm³/mol. The second-order valence-electron chi connectivity index (χ2n) is 6.76. The van der Waals surface area contributed by atoms with Crippen LogP contribution in [0.1, 0.15) is 42.7 Å². The predicted octanol–water partition coefficient (Wildman–Crippen LogP) is 1.49. The number of carbonyl (C=O) groups excluding carboxylic acids is 1. The summed E-state index contributed by atoms with van der Waals surface area (Å²) in [5, 5.41) is 7.24. The SMILES string of the molecule is Cc1nc(C(N)C(C)C)n(CC(=O)NCc2ccc3c(c2)CCO3)n1. The van der Waals surface area contributed by atoms with Gasteiger partial charge in [-0.3, -0.25) is 4.79 Å². The standard InChI is InChI=1S/C18H25N5O2/c1-11(2)17(19)18-21-12(3)22-23(18)10-16(24)20-9-13-4-5-15-14(8-13)6-7-25-15/h4-5,8,11,17H,6-7,9-10,19H2,1-3H3,(H,20,24). The van der Waals surface area contributed by atoms with Crippen LogP contribution < -0.4 is 15.8 Å². The molecular weight excluding hydrogens is 318 g/mol. The number of hydrogen-bond acceptors (Lipinski definition) is 5. The number of aryl methyl sites for hydroxylation is 1. The quantitative estimate of drug-likeness (QED) is 0.829. The van der Waals surface area contributed by atoms with Crippen molar-refractivity contribution in [3.05, 3.63) is 41.0 Å². The fourth-order valence-electron chi connectivity index (χ4n) is 2.88. The average Bonchev–Trinajstić information content (AvgIpc) is 3.17. The molecule has 2 heterocycles. The summed E-state index contributed by atoms with van der Waals surface area (Å²) in [6.07, 6.45) is 0.922. The lowest BCUT2D eigenvalue weighted by molar-refractivity contribution is -0.122. The van der Waals surface area contributed by atoms with Crippen molar-refractivity contribution in [2.75, 3.05) is 6.61 Å². The molecule has 134 valence electrons. The second kappa shape index (κ2) is 7.23. The van der Waals surface area contributed by atoms with E-state index < -0.39 is 0 Å². The minimum absolute atomic E-state index is 0.112. The Morgan fingerprint density at radius 3 is 3.00 bits per heavy atom. The van der Waals surface area contributed by atoms with Gasteiger partial charge in [-0.1, -0.05) is 26.0 Å². The van der Waals surface area contributed by atoms with Crippen molar-refractivity contribution >= 4 is 5.91 Å². The molecule has 1 atom stereocenters. The average molecular weight is 343 g/mol. The molecule has 1 aliphatic heterocycles. The van der Waals surface area contributed by atoms with E-state index in [0.717, 1.165) is 24.3 Å². The summed E-state index contributed by atoms with van der Waals surface area (Å²) in [6, 6.07) is 5.78. The molecule has 1 aromatic heterocycles. The zero-order chi connectivity index (χ0) is 18.0. The fraction of sp³-hybridized carbons (Fsp3) is 0.500. The highest BCUT2D eigenvalue weighted by molar-refractivity contribution is 5.75. The van der Waals surface area contributed by atoms with E-state index in [-0.39, 0.29) is 24.4 Å². The molecule has 0 aliphatic carbocycles. The maximum absolute atomic E-state index is 12.3. The first-order valence-electron chi connectivity index (χ1n) is 8.62. The van der Waals surface area contributed by atoms with E-state index >= 15 is 0 Å². The molecule has 0 fully saturated rings. The van der Waals surface area contributed by atoms with Crippen molar-refractivity contribution in [2.24, 2.45) is 11.7 Å². The normalized spacial score (nSPS) is 14.3. The van der Waals surface area contributed by atoms with Gasteiger partial charge in [-0.15, -0.1) is 0 Å². The van der Waals surface area contributed by atoms with E-state index in [9.17, 15) is 4.79 Å². The van der Waals surface area contributed by atoms with Gasteiger partial charge < -0.3 is 15.8 Å². The van der Waals surface area contributed by atoms with Crippen LogP contribution in [0.25, 0.3) is 0 Å². The molecule has 1 aromatic carbocycles. The molecule has 1 unspecified atom stereocenters. The van der Waals surface area contributed by atoms with Crippen molar-refractivity contribution in [3.8, 4) is 5.75 Å². The highest BCUT2D eigenvalue weighted by Crippen LogP contribution is 2.25. The van der Waals surface area contributed by atoms with Gasteiger partial charge in [0.1, 0.15) is 23.9 Å². The van der Waals surface area contributed by atoms with Gasteiger partial charge in [0, 0.05) is 13.0 Å². The Kier molecular flexibility index (Phi) is 5.03. The van der Waals surface area contributed by atoms with Crippen molar-refractivity contribution in [3.63, 3.8) is 0 Å². The third-order valence-electron chi connectivity index (χ3n) is 4.36. The highest BCUT2D eigenvalue weighted by Gasteiger charge is 2.20. The molecule has 25 heavy (non-hydrogen) atoms. The molecule has 0 spiro atoms. The van der Waals surface area contributed by atoms with Crippen LogP contribution in [0.5, 0.6) is 5.75 Å². The first kappa shape index (κ1) is 17.4. The summed E-state index contributed by atoms with van der Waals surface area (Å²) in [4.78, 5) is 16.7. The Balaban J connectivity index is 1.61. The zero-order valence-corrected chi connectivity index (χ0v) is 15.0. The van der Waals surface area contributed by atoms with Crippen molar-refractivity contribution in [1.82, 2.24) is 20.1 Å². The van der Waals surface area contributed by atoms with Crippen LogP contribution in [0.15, 0.2) is 18.2 Å². The van der Waals surface area contributed by atoms with Gasteiger partial charge in [0.2, 0.25) is 5.91 Å². The minimum atomic E-state index is -0.245. The number of nitrogens with zero attached hydrogens (tertiary/aromatic N) is 3. The lowest BCUT2D eigenvalue weighted by Gasteiger charge is -2.15. The molecule has 7 heteroatoms. The lowest BCUT2D eigenvalue weighted by atomic mass is 10.1. The molecule has 0 saturated carbocycles. The van der Waals surface area contributed by atoms with Crippen molar-refractivity contribution in [2.45, 2.75) is 46.3 Å². The minimum Gasteiger partial charge on any atom is -0.493 e. The number of benzene rings is 1. The van der Waals surface area contributed by atoms with E-state index in [1.54, 1.807) is 11.6 Å². The van der Waals surface area contributed by atoms with Crippen LogP contribution in [0, 0.1) is 12.8 Å². The number of rotatable bonds is 6. The highest BCUT2D eigenvalue weighted by atomic mass is 16.5. The summed E-state index contributed by atoms with van der Waals surface area (Å²) in [6.45, 7) is 7.18. The summed E-state index contributed by atoms with van der Waals surface area (Å²) in [5.74, 6) is 2.33. The van der Waals surface area contributed by atoms with Gasteiger partial charge in [-0.2, -0.15) is 5.10 Å². The van der Waals surface area contributed by atoms with Gasteiger partial charge in [0.05, 0.1) is 12.6 Å². The van der Waals surface area contributed by atoms with Crippen LogP contribution in [0.3, 0.4) is 0 Å². The van der Waals surface area contributed by atoms with E-state index in [1.807, 2.05) is 26.0 Å². The fourth-order valence-corrected chi connectivity index (χ4v) is 2.88. The number of fused-ring (bicyclic) bond motifs is 1. The summed E-state index contributed by atoms with van der Waals surface area (Å²) < 4.78 is 7.10. The molecule has 0 saturated heterocycles. The Morgan fingerprint density at radius 1 is 1.44 bits per heavy atom. The number of hydrogen-bond donors (Lipinski definition) is 2. The van der Waals surface area contributed by atoms with Crippen molar-refractivity contribution < 1.29 is 9.53 Å². The topological polar surface area (TPSA) is 95.1 Å². The molecule has 3 N–H and O–H groups in total. The van der Waals surface area contributed by atoms with Crippen LogP contribution in [0.4, 0.5) is 0 Å². The summed E-state index contributed by atoms with van der Waals surface area (Å²) in [5.41, 5.74) is 8.44. The Hall–Kier alpha value is -2.41. The Bertz CT molecular complexity index is 769. The molecule has 3 rings (SSSR count). The third-order valence-corrected chi connectivity index (χ3v) is 4.36. The van der Waals surface area contributed by atoms with Crippen LogP contribution >= 0.6 is 0 Å². The number of aromatic nitrogens is 3. The molecular formula is C18H25N5O2. The smallest absolute Gasteiger partial charge is 0.242 e. The van der Waals surface area contributed by atoms with Crippen LogP contribution in [0.2, 0.25) is 0 Å².